The summed E-state index contributed by atoms with van der Waals surface area (Å²) < 4.78 is 0.791. The van der Waals surface area contributed by atoms with E-state index in [1.54, 1.807) is 49.2 Å². The lowest BCUT2D eigenvalue weighted by molar-refractivity contribution is -0.122. The summed E-state index contributed by atoms with van der Waals surface area (Å²) >= 11 is 3.38. The molecule has 0 unspecified atom stereocenters. The summed E-state index contributed by atoms with van der Waals surface area (Å²) in [6.07, 6.45) is 0. The summed E-state index contributed by atoms with van der Waals surface area (Å²) in [6.45, 7) is 1.78. The monoisotopic (exact) mass is 414 g/mol. The van der Waals surface area contributed by atoms with Crippen molar-refractivity contribution in [1.82, 2.24) is 4.90 Å². The molecule has 0 aliphatic carbocycles. The lowest BCUT2D eigenvalue weighted by Gasteiger charge is -2.23. The van der Waals surface area contributed by atoms with Crippen molar-refractivity contribution in [2.45, 2.75) is 13.0 Å². The van der Waals surface area contributed by atoms with Gasteiger partial charge >= 0.3 is 0 Å². The largest absolute Gasteiger partial charge is 0.325 e. The standard InChI is InChI=1S/C19H19BrN4O2/c1-13(19(26)22-15-7-5-6-14(10-15)11-21)24(2)12-18(25)23-17-9-4-3-8-16(17)20/h3-10,13H,12H2,1-2H3,(H,22,26)(H,23,25)/t13-/m1/s1. The second-order valence-corrected chi connectivity index (χ2v) is 6.66. The second kappa shape index (κ2) is 9.13. The van der Waals surface area contributed by atoms with E-state index >= 15 is 0 Å². The number of hydrogen-bond acceptors (Lipinski definition) is 4. The second-order valence-electron chi connectivity index (χ2n) is 5.80. The minimum Gasteiger partial charge on any atom is -0.325 e. The number of nitrogens with zero attached hydrogens (tertiary/aromatic N) is 2. The summed E-state index contributed by atoms with van der Waals surface area (Å²) in [5.74, 6) is -0.471. The van der Waals surface area contributed by atoms with E-state index in [1.807, 2.05) is 24.3 Å². The van der Waals surface area contributed by atoms with Gasteiger partial charge in [-0.3, -0.25) is 14.5 Å². The number of hydrogen-bond donors (Lipinski definition) is 2. The number of anilines is 2. The maximum absolute atomic E-state index is 12.4. The molecule has 1 atom stereocenters. The molecule has 0 fully saturated rings. The number of rotatable bonds is 6. The van der Waals surface area contributed by atoms with Gasteiger partial charge in [0.2, 0.25) is 11.8 Å². The number of para-hydroxylation sites is 1. The van der Waals surface area contributed by atoms with E-state index in [2.05, 4.69) is 26.6 Å². The van der Waals surface area contributed by atoms with E-state index in [1.165, 1.54) is 0 Å². The van der Waals surface area contributed by atoms with Crippen LogP contribution in [0.2, 0.25) is 0 Å². The third kappa shape index (κ3) is 5.41. The van der Waals surface area contributed by atoms with Crippen molar-refractivity contribution in [1.29, 1.82) is 5.26 Å². The number of amides is 2. The molecule has 2 aromatic rings. The van der Waals surface area contributed by atoms with Gasteiger partial charge in [0.25, 0.3) is 0 Å². The van der Waals surface area contributed by atoms with Crippen molar-refractivity contribution in [2.75, 3.05) is 24.2 Å². The summed E-state index contributed by atoms with van der Waals surface area (Å²) in [4.78, 5) is 26.2. The molecule has 7 heteroatoms. The van der Waals surface area contributed by atoms with Crippen LogP contribution in [0.25, 0.3) is 0 Å². The van der Waals surface area contributed by atoms with Crippen molar-refractivity contribution in [2.24, 2.45) is 0 Å². The Labute approximate surface area is 160 Å². The van der Waals surface area contributed by atoms with Gasteiger partial charge in [-0.05, 0) is 60.2 Å². The zero-order chi connectivity index (χ0) is 19.1. The first kappa shape index (κ1) is 19.6. The molecule has 2 rings (SSSR count). The third-order valence-electron chi connectivity index (χ3n) is 3.84. The quantitative estimate of drug-likeness (QED) is 0.759. The minimum atomic E-state index is -0.522. The van der Waals surface area contributed by atoms with Crippen LogP contribution in [-0.2, 0) is 9.59 Å². The average molecular weight is 415 g/mol. The van der Waals surface area contributed by atoms with Crippen LogP contribution in [-0.4, -0.2) is 36.3 Å². The van der Waals surface area contributed by atoms with Crippen LogP contribution in [0.5, 0.6) is 0 Å². The number of likely N-dealkylation sites (N-methyl/N-ethyl adjacent to an activating group) is 1. The van der Waals surface area contributed by atoms with Crippen LogP contribution in [0.3, 0.4) is 0 Å². The normalized spacial score (nSPS) is 11.5. The molecule has 2 N–H and O–H groups in total. The molecule has 0 aliphatic rings. The number of nitrogens with one attached hydrogen (secondary N) is 2. The molecule has 26 heavy (non-hydrogen) atoms. The highest BCUT2D eigenvalue weighted by Crippen LogP contribution is 2.21. The van der Waals surface area contributed by atoms with Crippen molar-refractivity contribution in [3.05, 3.63) is 58.6 Å². The Morgan fingerprint density at radius 1 is 1.19 bits per heavy atom. The fourth-order valence-corrected chi connectivity index (χ4v) is 2.61. The van der Waals surface area contributed by atoms with Crippen molar-refractivity contribution < 1.29 is 9.59 Å². The molecule has 0 saturated heterocycles. The molecule has 0 saturated carbocycles. The molecule has 2 aromatic carbocycles. The van der Waals surface area contributed by atoms with Gasteiger partial charge in [-0.1, -0.05) is 18.2 Å². The molecule has 6 nitrogen and oxygen atoms in total. The van der Waals surface area contributed by atoms with E-state index < -0.39 is 6.04 Å². The molecule has 0 aromatic heterocycles. The van der Waals surface area contributed by atoms with Crippen LogP contribution >= 0.6 is 15.9 Å². The highest BCUT2D eigenvalue weighted by atomic mass is 79.9. The Balaban J connectivity index is 1.92. The summed E-state index contributed by atoms with van der Waals surface area (Å²) in [5.41, 5.74) is 1.69. The van der Waals surface area contributed by atoms with E-state index in [4.69, 9.17) is 5.26 Å². The Bertz CT molecular complexity index is 847. The maximum atomic E-state index is 12.4. The molecule has 0 aliphatic heterocycles. The first-order valence-electron chi connectivity index (χ1n) is 7.96. The highest BCUT2D eigenvalue weighted by Gasteiger charge is 2.20. The van der Waals surface area contributed by atoms with Gasteiger partial charge in [0.15, 0.2) is 0 Å². The maximum Gasteiger partial charge on any atom is 0.241 e. The zero-order valence-electron chi connectivity index (χ0n) is 14.5. The SMILES string of the molecule is C[C@H](C(=O)Nc1cccc(C#N)c1)N(C)CC(=O)Nc1ccccc1Br. The summed E-state index contributed by atoms with van der Waals surface area (Å²) in [7, 11) is 1.70. The Morgan fingerprint density at radius 2 is 1.92 bits per heavy atom. The van der Waals surface area contributed by atoms with Crippen LogP contribution < -0.4 is 10.6 Å². The van der Waals surface area contributed by atoms with Crippen LogP contribution in [0.1, 0.15) is 12.5 Å². The smallest absolute Gasteiger partial charge is 0.241 e. The van der Waals surface area contributed by atoms with Gasteiger partial charge in [0.1, 0.15) is 0 Å². The number of nitriles is 1. The average Bonchev–Trinajstić information content (AvgIpc) is 2.63. The van der Waals surface area contributed by atoms with E-state index in [0.29, 0.717) is 16.9 Å². The predicted octanol–water partition coefficient (Wildman–Crippen LogP) is 3.22. The summed E-state index contributed by atoms with van der Waals surface area (Å²) in [6, 6.07) is 15.5. The number of carbonyl (C=O) groups excluding carboxylic acids is 2. The lowest BCUT2D eigenvalue weighted by atomic mass is 10.2. The van der Waals surface area contributed by atoms with Crippen LogP contribution in [0.4, 0.5) is 11.4 Å². The number of halogens is 1. The first-order valence-corrected chi connectivity index (χ1v) is 8.75. The fraction of sp³-hybridized carbons (Fsp3) is 0.211. The molecular formula is C19H19BrN4O2. The topological polar surface area (TPSA) is 85.2 Å². The van der Waals surface area contributed by atoms with Crippen LogP contribution in [0.15, 0.2) is 53.0 Å². The molecule has 0 spiro atoms. The Morgan fingerprint density at radius 3 is 2.62 bits per heavy atom. The van der Waals surface area contributed by atoms with Gasteiger partial charge in [-0.25, -0.2) is 0 Å². The van der Waals surface area contributed by atoms with Gasteiger partial charge in [-0.15, -0.1) is 0 Å². The van der Waals surface area contributed by atoms with Crippen LogP contribution in [0, 0.1) is 11.3 Å². The Hall–Kier alpha value is -2.69. The predicted molar refractivity (Wildman–Crippen MR) is 105 cm³/mol. The van der Waals surface area contributed by atoms with Crippen molar-refractivity contribution in [3.8, 4) is 6.07 Å². The molecule has 2 amide bonds. The first-order chi connectivity index (χ1) is 12.4. The highest BCUT2D eigenvalue weighted by molar-refractivity contribution is 9.10. The van der Waals surface area contributed by atoms with Gasteiger partial charge < -0.3 is 10.6 Å². The van der Waals surface area contributed by atoms with Gasteiger partial charge in [0.05, 0.1) is 29.9 Å². The third-order valence-corrected chi connectivity index (χ3v) is 4.53. The molecule has 134 valence electrons. The number of benzene rings is 2. The molecule has 0 bridgehead atoms. The number of carbonyl (C=O) groups is 2. The van der Waals surface area contributed by atoms with Crippen molar-refractivity contribution in [3.63, 3.8) is 0 Å². The van der Waals surface area contributed by atoms with Crippen molar-refractivity contribution >= 4 is 39.1 Å². The fourth-order valence-electron chi connectivity index (χ4n) is 2.23. The molecular weight excluding hydrogens is 396 g/mol. The summed E-state index contributed by atoms with van der Waals surface area (Å²) in [5, 5.41) is 14.5. The molecule has 0 heterocycles. The molecule has 0 radical (unpaired) electrons. The van der Waals surface area contributed by atoms with Gasteiger partial charge in [-0.2, -0.15) is 5.26 Å². The van der Waals surface area contributed by atoms with E-state index in [0.717, 1.165) is 4.47 Å². The minimum absolute atomic E-state index is 0.0636. The van der Waals surface area contributed by atoms with Gasteiger partial charge in [0, 0.05) is 10.2 Å². The van der Waals surface area contributed by atoms with E-state index in [-0.39, 0.29) is 18.4 Å². The Kier molecular flexibility index (Phi) is 6.89. The lowest BCUT2D eigenvalue weighted by Crippen LogP contribution is -2.43. The zero-order valence-corrected chi connectivity index (χ0v) is 16.1. The van der Waals surface area contributed by atoms with E-state index in [9.17, 15) is 9.59 Å².